The van der Waals surface area contributed by atoms with E-state index in [2.05, 4.69) is 0 Å². The lowest BCUT2D eigenvalue weighted by atomic mass is 10.0. The van der Waals surface area contributed by atoms with Crippen LogP contribution in [0.3, 0.4) is 0 Å². The molecule has 1 aromatic heterocycles. The number of esters is 2. The van der Waals surface area contributed by atoms with Crippen molar-refractivity contribution in [3.8, 4) is 16.9 Å². The highest BCUT2D eigenvalue weighted by atomic mass is 35.5. The zero-order valence-electron chi connectivity index (χ0n) is 16.6. The van der Waals surface area contributed by atoms with Crippen LogP contribution in [-0.2, 0) is 14.3 Å². The topological polar surface area (TPSA) is 109 Å². The van der Waals surface area contributed by atoms with E-state index in [-0.39, 0.29) is 16.4 Å². The summed E-state index contributed by atoms with van der Waals surface area (Å²) in [5.41, 5.74) is 5.83. The molecule has 0 radical (unpaired) electrons. The molecule has 0 amide bonds. The molecule has 30 heavy (non-hydrogen) atoms. The van der Waals surface area contributed by atoms with Crippen molar-refractivity contribution in [2.45, 2.75) is 32.4 Å². The van der Waals surface area contributed by atoms with E-state index < -0.39 is 29.2 Å². The van der Waals surface area contributed by atoms with Crippen LogP contribution in [0.5, 0.6) is 5.75 Å². The summed E-state index contributed by atoms with van der Waals surface area (Å²) in [5.74, 6) is -2.07. The highest BCUT2D eigenvalue weighted by molar-refractivity contribution is 6.33. The molecule has 0 aliphatic heterocycles. The van der Waals surface area contributed by atoms with Crippen molar-refractivity contribution in [1.29, 1.82) is 0 Å². The lowest BCUT2D eigenvalue weighted by Crippen LogP contribution is -2.45. The fourth-order valence-corrected chi connectivity index (χ4v) is 2.93. The number of nitrogens with two attached hydrogens (primary N) is 1. The van der Waals surface area contributed by atoms with Crippen LogP contribution in [-0.4, -0.2) is 23.6 Å². The Morgan fingerprint density at radius 3 is 2.37 bits per heavy atom. The van der Waals surface area contributed by atoms with Crippen LogP contribution in [0.25, 0.3) is 22.1 Å². The second kappa shape index (κ2) is 8.30. The minimum atomic E-state index is -1.65. The number of benzene rings is 2. The molecule has 7 nitrogen and oxygen atoms in total. The molecule has 2 aromatic carbocycles. The summed E-state index contributed by atoms with van der Waals surface area (Å²) in [4.78, 5) is 36.3. The summed E-state index contributed by atoms with van der Waals surface area (Å²) < 4.78 is 15.5. The first kappa shape index (κ1) is 21.5. The van der Waals surface area contributed by atoms with Crippen molar-refractivity contribution in [2.24, 2.45) is 5.73 Å². The van der Waals surface area contributed by atoms with Gasteiger partial charge in [0.2, 0.25) is 6.04 Å². The lowest BCUT2D eigenvalue weighted by Gasteiger charge is -2.21. The van der Waals surface area contributed by atoms with Crippen molar-refractivity contribution in [1.82, 2.24) is 0 Å². The van der Waals surface area contributed by atoms with E-state index in [0.717, 1.165) is 5.56 Å². The van der Waals surface area contributed by atoms with Crippen LogP contribution in [0, 0.1) is 0 Å². The normalized spacial score (nSPS) is 12.4. The van der Waals surface area contributed by atoms with Crippen molar-refractivity contribution in [3.63, 3.8) is 0 Å². The van der Waals surface area contributed by atoms with E-state index in [4.69, 9.17) is 31.2 Å². The summed E-state index contributed by atoms with van der Waals surface area (Å²) in [6, 6.07) is 11.8. The largest absolute Gasteiger partial charge is 0.458 e. The molecule has 0 bridgehead atoms. The van der Waals surface area contributed by atoms with Gasteiger partial charge in [0.05, 0.1) is 5.02 Å². The summed E-state index contributed by atoms with van der Waals surface area (Å²) in [7, 11) is 0. The van der Waals surface area contributed by atoms with Crippen molar-refractivity contribution in [2.75, 3.05) is 0 Å². The van der Waals surface area contributed by atoms with Crippen molar-refractivity contribution >= 4 is 34.5 Å². The molecule has 0 saturated heterocycles. The number of ether oxygens (including phenoxy) is 2. The van der Waals surface area contributed by atoms with Gasteiger partial charge in [-0.1, -0.05) is 41.9 Å². The van der Waals surface area contributed by atoms with Crippen molar-refractivity contribution in [3.05, 3.63) is 64.0 Å². The Hall–Kier alpha value is -3.16. The Morgan fingerprint density at radius 1 is 1.07 bits per heavy atom. The van der Waals surface area contributed by atoms with Gasteiger partial charge in [0.25, 0.3) is 0 Å². The lowest BCUT2D eigenvalue weighted by molar-refractivity contribution is -0.161. The summed E-state index contributed by atoms with van der Waals surface area (Å²) in [6.07, 6.45) is 0. The van der Waals surface area contributed by atoms with E-state index >= 15 is 0 Å². The first-order chi connectivity index (χ1) is 14.0. The predicted molar refractivity (Wildman–Crippen MR) is 112 cm³/mol. The van der Waals surface area contributed by atoms with Gasteiger partial charge in [-0.15, -0.1) is 0 Å². The zero-order valence-corrected chi connectivity index (χ0v) is 17.4. The summed E-state index contributed by atoms with van der Waals surface area (Å²) in [5, 5.41) is 0.639. The Kier molecular flexibility index (Phi) is 5.96. The quantitative estimate of drug-likeness (QED) is 0.291. The number of fused-ring (bicyclic) bond motifs is 1. The van der Waals surface area contributed by atoms with Crippen LogP contribution in [0.15, 0.2) is 57.7 Å². The van der Waals surface area contributed by atoms with E-state index in [9.17, 15) is 14.4 Å². The van der Waals surface area contributed by atoms with Crippen molar-refractivity contribution < 1.29 is 23.5 Å². The third kappa shape index (κ3) is 4.87. The Morgan fingerprint density at radius 2 is 1.73 bits per heavy atom. The highest BCUT2D eigenvalue weighted by Gasteiger charge is 2.30. The van der Waals surface area contributed by atoms with Crippen LogP contribution in [0.1, 0.15) is 20.8 Å². The minimum Gasteiger partial charge on any atom is -0.458 e. The van der Waals surface area contributed by atoms with Gasteiger partial charge in [0.15, 0.2) is 5.75 Å². The number of hydrogen-bond acceptors (Lipinski definition) is 7. The molecule has 156 valence electrons. The standard InChI is InChI=1S/C22H20ClNO6/c1-22(2,3)30-21(27)19(24)20(26)29-17-11-16-14(9-15(17)23)13(10-18(25)28-16)12-7-5-4-6-8-12/h4-11,19H,24H2,1-3H3. The SMILES string of the molecule is CC(C)(C)OC(=O)C(N)C(=O)Oc1cc2oc(=O)cc(-c3ccccc3)c2cc1Cl. The van der Waals surface area contributed by atoms with E-state index in [1.54, 1.807) is 20.8 Å². The highest BCUT2D eigenvalue weighted by Crippen LogP contribution is 2.35. The minimum absolute atomic E-state index is 0.0817. The molecule has 3 aromatic rings. The van der Waals surface area contributed by atoms with Crippen LogP contribution >= 0.6 is 11.6 Å². The van der Waals surface area contributed by atoms with Gasteiger partial charge in [-0.25, -0.2) is 14.4 Å². The van der Waals surface area contributed by atoms with Gasteiger partial charge in [0.1, 0.15) is 11.2 Å². The third-order valence-electron chi connectivity index (χ3n) is 4.01. The monoisotopic (exact) mass is 429 g/mol. The van der Waals surface area contributed by atoms with Gasteiger partial charge in [0, 0.05) is 17.5 Å². The van der Waals surface area contributed by atoms with E-state index in [0.29, 0.717) is 10.9 Å². The second-order valence-electron chi connectivity index (χ2n) is 7.56. The molecule has 0 spiro atoms. The second-order valence-corrected chi connectivity index (χ2v) is 7.96. The number of halogens is 1. The fourth-order valence-electron chi connectivity index (χ4n) is 2.73. The molecule has 8 heteroatoms. The Balaban J connectivity index is 1.95. The average Bonchev–Trinajstić information content (AvgIpc) is 2.67. The number of rotatable bonds is 4. The Labute approximate surface area is 177 Å². The first-order valence-electron chi connectivity index (χ1n) is 9.08. The molecule has 0 aliphatic carbocycles. The maximum atomic E-state index is 12.3. The van der Waals surface area contributed by atoms with Gasteiger partial charge in [-0.2, -0.15) is 0 Å². The maximum Gasteiger partial charge on any atom is 0.340 e. The molecular formula is C22H20ClNO6. The van der Waals surface area contributed by atoms with Gasteiger partial charge in [-0.3, -0.25) is 0 Å². The molecular weight excluding hydrogens is 410 g/mol. The number of carbonyl (C=O) groups is 2. The van der Waals surface area contributed by atoms with E-state index in [1.807, 2.05) is 30.3 Å². The van der Waals surface area contributed by atoms with Crippen LogP contribution in [0.2, 0.25) is 5.02 Å². The summed E-state index contributed by atoms with van der Waals surface area (Å²) in [6.45, 7) is 4.94. The summed E-state index contributed by atoms with van der Waals surface area (Å²) >= 11 is 6.28. The zero-order chi connectivity index (χ0) is 22.1. The number of carbonyl (C=O) groups excluding carboxylic acids is 2. The molecule has 3 rings (SSSR count). The molecule has 1 unspecified atom stereocenters. The van der Waals surface area contributed by atoms with E-state index in [1.165, 1.54) is 18.2 Å². The maximum absolute atomic E-state index is 12.3. The fraction of sp³-hybridized carbons (Fsp3) is 0.227. The predicted octanol–water partition coefficient (Wildman–Crippen LogP) is 3.69. The van der Waals surface area contributed by atoms with Crippen LogP contribution in [0.4, 0.5) is 0 Å². The smallest absolute Gasteiger partial charge is 0.340 e. The molecule has 2 N–H and O–H groups in total. The van der Waals surface area contributed by atoms with Crippen LogP contribution < -0.4 is 16.1 Å². The molecule has 0 saturated carbocycles. The molecule has 1 heterocycles. The van der Waals surface area contributed by atoms with Gasteiger partial charge >= 0.3 is 17.6 Å². The number of hydrogen-bond donors (Lipinski definition) is 1. The Bertz CT molecular complexity index is 1160. The third-order valence-corrected chi connectivity index (χ3v) is 4.30. The van der Waals surface area contributed by atoms with Gasteiger partial charge in [-0.05, 0) is 38.0 Å². The first-order valence-corrected chi connectivity index (χ1v) is 9.46. The molecule has 1 atom stereocenters. The molecule has 0 fully saturated rings. The van der Waals surface area contributed by atoms with Gasteiger partial charge < -0.3 is 19.6 Å². The average molecular weight is 430 g/mol. The molecule has 0 aliphatic rings.